The van der Waals surface area contributed by atoms with Crippen LogP contribution in [0.2, 0.25) is 0 Å². The molecule has 4 atom stereocenters. The van der Waals surface area contributed by atoms with Crippen molar-refractivity contribution in [3.63, 3.8) is 0 Å². The van der Waals surface area contributed by atoms with Gasteiger partial charge in [-0.15, -0.1) is 0 Å². The summed E-state index contributed by atoms with van der Waals surface area (Å²) in [5.74, 6) is 5.23. The Labute approximate surface area is 117 Å². The highest BCUT2D eigenvalue weighted by atomic mass is 14.3. The second-order valence-electron chi connectivity index (χ2n) is 7.45. The Morgan fingerprint density at radius 1 is 0.722 bits per heavy atom. The van der Waals surface area contributed by atoms with E-state index in [-0.39, 0.29) is 0 Å². The van der Waals surface area contributed by atoms with Crippen LogP contribution in [0.4, 0.5) is 0 Å². The van der Waals surface area contributed by atoms with Gasteiger partial charge in [-0.05, 0) is 48.3 Å². The molecule has 0 heteroatoms. The molecule has 0 N–H and O–H groups in total. The fourth-order valence-corrected chi connectivity index (χ4v) is 3.03. The van der Waals surface area contributed by atoms with Gasteiger partial charge in [0.15, 0.2) is 0 Å². The first-order valence-electron chi connectivity index (χ1n) is 8.29. The van der Waals surface area contributed by atoms with Gasteiger partial charge >= 0.3 is 0 Å². The monoisotopic (exact) mass is 254 g/mol. The van der Waals surface area contributed by atoms with Gasteiger partial charge in [-0.3, -0.25) is 0 Å². The molecule has 110 valence electrons. The lowest BCUT2D eigenvalue weighted by Gasteiger charge is -2.30. The van der Waals surface area contributed by atoms with Gasteiger partial charge in [0.2, 0.25) is 0 Å². The van der Waals surface area contributed by atoms with Crippen LogP contribution in [-0.2, 0) is 0 Å². The van der Waals surface area contributed by atoms with Gasteiger partial charge in [0.05, 0.1) is 0 Å². The van der Waals surface area contributed by atoms with Crippen molar-refractivity contribution in [2.24, 2.45) is 35.5 Å². The lowest BCUT2D eigenvalue weighted by atomic mass is 9.75. The van der Waals surface area contributed by atoms with Gasteiger partial charge in [0, 0.05) is 0 Å². The zero-order valence-electron chi connectivity index (χ0n) is 14.3. The van der Waals surface area contributed by atoms with E-state index >= 15 is 0 Å². The molecule has 0 spiro atoms. The molecule has 4 unspecified atom stereocenters. The zero-order valence-corrected chi connectivity index (χ0v) is 14.3. The van der Waals surface area contributed by atoms with E-state index in [4.69, 9.17) is 0 Å². The molecule has 0 aromatic carbocycles. The van der Waals surface area contributed by atoms with E-state index in [9.17, 15) is 0 Å². The Kier molecular flexibility index (Phi) is 8.99. The van der Waals surface area contributed by atoms with Gasteiger partial charge in [0.1, 0.15) is 0 Å². The molecule has 0 aliphatic rings. The maximum atomic E-state index is 2.47. The van der Waals surface area contributed by atoms with Crippen molar-refractivity contribution in [2.75, 3.05) is 0 Å². The van der Waals surface area contributed by atoms with Gasteiger partial charge in [-0.1, -0.05) is 68.2 Å². The Morgan fingerprint density at radius 3 is 1.67 bits per heavy atom. The minimum atomic E-state index is 0.830. The van der Waals surface area contributed by atoms with E-state index in [2.05, 4.69) is 55.4 Å². The molecule has 0 fully saturated rings. The molecular formula is C18H38. The minimum Gasteiger partial charge on any atom is -0.0654 e. The molecule has 0 radical (unpaired) electrons. The normalized spacial score (nSPS) is 19.0. The van der Waals surface area contributed by atoms with Crippen molar-refractivity contribution in [1.29, 1.82) is 0 Å². The van der Waals surface area contributed by atoms with Crippen LogP contribution in [0.5, 0.6) is 0 Å². The molecule has 0 amide bonds. The van der Waals surface area contributed by atoms with E-state index < -0.39 is 0 Å². The van der Waals surface area contributed by atoms with Crippen LogP contribution < -0.4 is 0 Å². The minimum absolute atomic E-state index is 0.830. The highest BCUT2D eigenvalue weighted by Crippen LogP contribution is 2.33. The van der Waals surface area contributed by atoms with Crippen molar-refractivity contribution in [2.45, 2.75) is 81.1 Å². The molecule has 0 heterocycles. The average molecular weight is 255 g/mol. The zero-order chi connectivity index (χ0) is 14.3. The largest absolute Gasteiger partial charge is 0.0654 e. The first kappa shape index (κ1) is 18.0. The lowest BCUT2D eigenvalue weighted by Crippen LogP contribution is -2.21. The van der Waals surface area contributed by atoms with E-state index in [1.165, 1.54) is 25.7 Å². The molecule has 0 saturated carbocycles. The molecule has 0 aliphatic heterocycles. The summed E-state index contributed by atoms with van der Waals surface area (Å²) in [6, 6.07) is 0. The molecule has 0 bridgehead atoms. The summed E-state index contributed by atoms with van der Waals surface area (Å²) in [7, 11) is 0. The van der Waals surface area contributed by atoms with Crippen LogP contribution in [0.3, 0.4) is 0 Å². The van der Waals surface area contributed by atoms with E-state index in [0.717, 1.165) is 35.5 Å². The van der Waals surface area contributed by atoms with Crippen LogP contribution in [0, 0.1) is 35.5 Å². The predicted octanol–water partition coefficient (Wildman–Crippen LogP) is 6.40. The quantitative estimate of drug-likeness (QED) is 0.446. The van der Waals surface area contributed by atoms with Crippen LogP contribution >= 0.6 is 0 Å². The Hall–Kier alpha value is 0. The van der Waals surface area contributed by atoms with Crippen molar-refractivity contribution < 1.29 is 0 Å². The van der Waals surface area contributed by atoms with Crippen molar-refractivity contribution in [1.82, 2.24) is 0 Å². The second-order valence-corrected chi connectivity index (χ2v) is 7.45. The summed E-state index contributed by atoms with van der Waals surface area (Å²) < 4.78 is 0. The molecule has 0 aliphatic carbocycles. The fourth-order valence-electron chi connectivity index (χ4n) is 3.03. The summed E-state index contributed by atoms with van der Waals surface area (Å²) in [6.45, 7) is 19.2. The Balaban J connectivity index is 4.31. The van der Waals surface area contributed by atoms with Gasteiger partial charge < -0.3 is 0 Å². The van der Waals surface area contributed by atoms with Gasteiger partial charge in [-0.2, -0.15) is 0 Å². The third kappa shape index (κ3) is 6.81. The smallest absolute Gasteiger partial charge is 0.0384 e. The molecule has 18 heavy (non-hydrogen) atoms. The van der Waals surface area contributed by atoms with E-state index in [0.29, 0.717) is 0 Å². The summed E-state index contributed by atoms with van der Waals surface area (Å²) in [5.41, 5.74) is 0. The Bertz CT molecular complexity index is 192. The van der Waals surface area contributed by atoms with Gasteiger partial charge in [0.25, 0.3) is 0 Å². The first-order chi connectivity index (χ1) is 8.29. The van der Waals surface area contributed by atoms with Crippen molar-refractivity contribution in [3.8, 4) is 0 Å². The third-order valence-corrected chi connectivity index (χ3v) is 5.07. The molecule has 0 saturated heterocycles. The van der Waals surface area contributed by atoms with E-state index in [1.807, 2.05) is 0 Å². The Morgan fingerprint density at radius 2 is 1.28 bits per heavy atom. The SMILES string of the molecule is CCCC(CC(C)CC(C)C(C)C)C(C)C(C)C. The fraction of sp³-hybridized carbons (Fsp3) is 1.00. The number of hydrogen-bond donors (Lipinski definition) is 0. The van der Waals surface area contributed by atoms with E-state index in [1.54, 1.807) is 0 Å². The molecular weight excluding hydrogens is 216 g/mol. The first-order valence-corrected chi connectivity index (χ1v) is 8.29. The summed E-state index contributed by atoms with van der Waals surface area (Å²) in [6.07, 6.45) is 5.60. The highest BCUT2D eigenvalue weighted by Gasteiger charge is 2.22. The van der Waals surface area contributed by atoms with Gasteiger partial charge in [-0.25, -0.2) is 0 Å². The molecule has 0 aromatic rings. The third-order valence-electron chi connectivity index (χ3n) is 5.07. The van der Waals surface area contributed by atoms with Crippen molar-refractivity contribution in [3.05, 3.63) is 0 Å². The number of rotatable bonds is 9. The van der Waals surface area contributed by atoms with Crippen LogP contribution in [0.1, 0.15) is 81.1 Å². The topological polar surface area (TPSA) is 0 Å². The van der Waals surface area contributed by atoms with Crippen LogP contribution in [-0.4, -0.2) is 0 Å². The van der Waals surface area contributed by atoms with Crippen LogP contribution in [0.15, 0.2) is 0 Å². The van der Waals surface area contributed by atoms with Crippen molar-refractivity contribution >= 4 is 0 Å². The molecule has 0 rings (SSSR count). The number of hydrogen-bond acceptors (Lipinski definition) is 0. The maximum absolute atomic E-state index is 2.47. The average Bonchev–Trinajstić information content (AvgIpc) is 2.26. The highest BCUT2D eigenvalue weighted by molar-refractivity contribution is 4.73. The molecule has 0 aromatic heterocycles. The maximum Gasteiger partial charge on any atom is -0.0384 e. The summed E-state index contributed by atoms with van der Waals surface area (Å²) in [5, 5.41) is 0. The second kappa shape index (κ2) is 8.99. The lowest BCUT2D eigenvalue weighted by molar-refractivity contribution is 0.201. The standard InChI is InChI=1S/C18H38/c1-9-10-18(17(8)14(4)5)12-15(6)11-16(7)13(2)3/h13-18H,9-12H2,1-8H3. The van der Waals surface area contributed by atoms with Crippen LogP contribution in [0.25, 0.3) is 0 Å². The predicted molar refractivity (Wildman–Crippen MR) is 84.8 cm³/mol. The summed E-state index contributed by atoms with van der Waals surface area (Å²) in [4.78, 5) is 0. The molecule has 0 nitrogen and oxygen atoms in total. The summed E-state index contributed by atoms with van der Waals surface area (Å²) >= 11 is 0.